The van der Waals surface area contributed by atoms with Crippen molar-refractivity contribution in [3.05, 3.63) is 91.0 Å². The number of aliphatic hydroxyl groups is 1. The molecule has 6 unspecified atom stereocenters. The minimum absolute atomic E-state index is 0. The molecule has 326 valence electrons. The van der Waals surface area contributed by atoms with E-state index in [1.165, 1.54) is 56.4 Å². The number of aliphatic hydroxyl groups excluding tert-OH is 1. The molecule has 7 saturated heterocycles. The Labute approximate surface area is 369 Å². The van der Waals surface area contributed by atoms with Crippen LogP contribution in [0.2, 0.25) is 0 Å². The molecule has 0 radical (unpaired) electrons. The van der Waals surface area contributed by atoms with Crippen LogP contribution in [-0.2, 0) is 33.2 Å². The molecule has 0 aromatic heterocycles. The maximum absolute atomic E-state index is 10.3. The Kier molecular flexibility index (Phi) is 39.9. The SMILES string of the molecule is C.C1CCOC1.CCC1CO1.CCC1CO1.CCC1CO1.OCC1CO1.Oc1ccccc1.[Na+].[O-]CC1CO1.[O-]CC1CO1.[O-]c1ccccc1.[O-]c1ccccc1. The van der Waals surface area contributed by atoms with E-state index in [9.17, 15) is 20.4 Å². The zero-order chi connectivity index (χ0) is 41.1. The molecule has 14 heteroatoms. The molecule has 13 nitrogen and oxygen atoms in total. The summed E-state index contributed by atoms with van der Waals surface area (Å²) in [6.45, 7) is 13.7. The van der Waals surface area contributed by atoms with E-state index in [2.05, 4.69) is 35.0 Å². The van der Waals surface area contributed by atoms with Crippen LogP contribution in [0.15, 0.2) is 91.0 Å². The number of hydrogen-bond acceptors (Lipinski definition) is 13. The Morgan fingerprint density at radius 3 is 0.845 bits per heavy atom. The minimum Gasteiger partial charge on any atom is -0.872 e. The minimum atomic E-state index is -0.0556. The fourth-order valence-corrected chi connectivity index (χ4v) is 3.19. The van der Waals surface area contributed by atoms with E-state index in [-0.39, 0.29) is 86.6 Å². The Morgan fingerprint density at radius 2 is 0.776 bits per heavy atom. The summed E-state index contributed by atoms with van der Waals surface area (Å²) < 4.78 is 33.2. The molecule has 7 aliphatic heterocycles. The Bertz CT molecular complexity index is 1030. The van der Waals surface area contributed by atoms with E-state index < -0.39 is 0 Å². The predicted molar refractivity (Wildman–Crippen MR) is 213 cm³/mol. The molecule has 7 heterocycles. The Hall–Kier alpha value is -2.34. The molecule has 6 atom stereocenters. The number of rotatable bonds is 6. The van der Waals surface area contributed by atoms with E-state index in [0.29, 0.717) is 37.3 Å². The second kappa shape index (κ2) is 40.1. The van der Waals surface area contributed by atoms with E-state index >= 15 is 0 Å². The smallest absolute Gasteiger partial charge is 0.872 e. The van der Waals surface area contributed by atoms with Gasteiger partial charge in [0.1, 0.15) is 11.9 Å². The van der Waals surface area contributed by atoms with Gasteiger partial charge in [0.2, 0.25) is 0 Å². The van der Waals surface area contributed by atoms with Gasteiger partial charge in [0.05, 0.1) is 76.8 Å². The van der Waals surface area contributed by atoms with Crippen LogP contribution in [-0.4, -0.2) is 120 Å². The third-order valence-electron chi connectivity index (χ3n) is 7.43. The average molecular weight is 828 g/mol. The predicted octanol–water partition coefficient (Wildman–Crippen LogP) is 0.604. The molecule has 0 amide bonds. The van der Waals surface area contributed by atoms with Gasteiger partial charge in [-0.05, 0) is 44.2 Å². The van der Waals surface area contributed by atoms with Crippen molar-refractivity contribution in [3.8, 4) is 17.2 Å². The van der Waals surface area contributed by atoms with Gasteiger partial charge in [-0.3, -0.25) is 0 Å². The van der Waals surface area contributed by atoms with E-state index in [1.54, 1.807) is 48.5 Å². The summed E-state index contributed by atoms with van der Waals surface area (Å²) in [6.07, 6.45) is 8.39. The van der Waals surface area contributed by atoms with Crippen LogP contribution in [0, 0.1) is 0 Å². The van der Waals surface area contributed by atoms with Crippen molar-refractivity contribution in [2.75, 3.05) is 72.7 Å². The number of phenolic OH excluding ortho intramolecular Hbond substituents is 1. The second-order valence-electron chi connectivity index (χ2n) is 12.8. The summed E-state index contributed by atoms with van der Waals surface area (Å²) in [4.78, 5) is 0. The maximum Gasteiger partial charge on any atom is 1.00 e. The average Bonchev–Trinajstić information content (AvgIpc) is 4.04. The number of ether oxygens (including phenoxy) is 7. The first-order chi connectivity index (χ1) is 27.3. The van der Waals surface area contributed by atoms with E-state index in [4.69, 9.17) is 29.2 Å². The summed E-state index contributed by atoms with van der Waals surface area (Å²) in [7, 11) is 0. The Morgan fingerprint density at radius 1 is 0.500 bits per heavy atom. The van der Waals surface area contributed by atoms with E-state index in [0.717, 1.165) is 39.6 Å². The largest absolute Gasteiger partial charge is 1.00 e. The van der Waals surface area contributed by atoms with Crippen molar-refractivity contribution in [1.82, 2.24) is 0 Å². The molecule has 7 aliphatic rings. The van der Waals surface area contributed by atoms with Crippen LogP contribution in [0.4, 0.5) is 0 Å². The number of phenols is 1. The molecule has 0 saturated carbocycles. The van der Waals surface area contributed by atoms with E-state index in [1.807, 2.05) is 18.2 Å². The molecular weight excluding hydrogens is 759 g/mol. The molecule has 0 bridgehead atoms. The zero-order valence-electron chi connectivity index (χ0n) is 34.3. The van der Waals surface area contributed by atoms with Crippen molar-refractivity contribution in [2.45, 2.75) is 96.9 Å². The van der Waals surface area contributed by atoms with Gasteiger partial charge in [0.15, 0.2) is 0 Å². The first kappa shape index (κ1) is 57.8. The van der Waals surface area contributed by atoms with Crippen LogP contribution in [0.3, 0.4) is 0 Å². The fraction of sp³-hybridized carbons (Fsp3) is 0.591. The standard InChI is InChI=1S/3C6H6O.4C4H8O.C3H6O2.2C3H5O2.CH4.Na/c3*7-6-4-2-1-3-5-6;3*1-2-4-3-5-4;1-2-4-5-3-1;3*4-1-3-2-5-3;;/h3*1-5,7H;3*4H,2-3H2,1H3;1-4H2;3-4H,1-2H2;2*3H,1-2H2;1H4;/q;;;;;;;;2*-1;;+1/p-2. The van der Waals surface area contributed by atoms with Gasteiger partial charge in [-0.25, -0.2) is 0 Å². The molecule has 0 aliphatic carbocycles. The molecule has 10 rings (SSSR count). The summed E-state index contributed by atoms with van der Waals surface area (Å²) in [6, 6.07) is 25.4. The van der Waals surface area contributed by atoms with Gasteiger partial charge < -0.3 is 63.8 Å². The van der Waals surface area contributed by atoms with Crippen molar-refractivity contribution >= 4 is 0 Å². The fourth-order valence-electron chi connectivity index (χ4n) is 3.19. The van der Waals surface area contributed by atoms with Gasteiger partial charge >= 0.3 is 29.6 Å². The summed E-state index contributed by atoms with van der Waals surface area (Å²) >= 11 is 0. The molecule has 0 spiro atoms. The molecule has 3 aromatic carbocycles. The van der Waals surface area contributed by atoms with Gasteiger partial charge in [-0.15, -0.1) is 24.7 Å². The van der Waals surface area contributed by atoms with Crippen molar-refractivity contribution in [1.29, 1.82) is 0 Å². The van der Waals surface area contributed by atoms with Gasteiger partial charge in [0.25, 0.3) is 0 Å². The van der Waals surface area contributed by atoms with Crippen molar-refractivity contribution in [3.63, 3.8) is 0 Å². The van der Waals surface area contributed by atoms with Crippen LogP contribution in [0.1, 0.15) is 60.3 Å². The number of aromatic hydroxyl groups is 1. The number of para-hydroxylation sites is 3. The van der Waals surface area contributed by atoms with Crippen LogP contribution >= 0.6 is 0 Å². The summed E-state index contributed by atoms with van der Waals surface area (Å²) in [5, 5.41) is 56.4. The Balaban J connectivity index is 0. The quantitative estimate of drug-likeness (QED) is 0.258. The number of benzene rings is 3. The summed E-state index contributed by atoms with van der Waals surface area (Å²) in [5.41, 5.74) is 0. The van der Waals surface area contributed by atoms with Crippen molar-refractivity contribution in [2.24, 2.45) is 0 Å². The van der Waals surface area contributed by atoms with Crippen LogP contribution in [0.25, 0.3) is 0 Å². The third-order valence-corrected chi connectivity index (χ3v) is 7.43. The van der Waals surface area contributed by atoms with Gasteiger partial charge in [-0.2, -0.15) is 0 Å². The first-order valence-electron chi connectivity index (χ1n) is 19.5. The monoisotopic (exact) mass is 827 g/mol. The molecule has 3 aromatic rings. The topological polar surface area (TPSA) is 217 Å². The molecule has 7 fully saturated rings. The zero-order valence-corrected chi connectivity index (χ0v) is 36.3. The number of epoxide rings is 6. The number of hydrogen-bond donors (Lipinski definition) is 2. The second-order valence-corrected chi connectivity index (χ2v) is 12.8. The maximum atomic E-state index is 10.3. The summed E-state index contributed by atoms with van der Waals surface area (Å²) in [5.74, 6) is 0.465. The van der Waals surface area contributed by atoms with Crippen LogP contribution < -0.4 is 50.0 Å². The van der Waals surface area contributed by atoms with Crippen molar-refractivity contribution < 1.29 is 93.4 Å². The first-order valence-corrected chi connectivity index (χ1v) is 19.5. The third kappa shape index (κ3) is 46.4. The van der Waals surface area contributed by atoms with Gasteiger partial charge in [-0.1, -0.05) is 107 Å². The molecule has 58 heavy (non-hydrogen) atoms. The molecular formula is C44H68NaO13-3. The van der Waals surface area contributed by atoms with Crippen LogP contribution in [0.5, 0.6) is 17.2 Å². The van der Waals surface area contributed by atoms with Gasteiger partial charge in [0, 0.05) is 13.2 Å². The normalized spacial score (nSPS) is 22.9. The molecule has 2 N–H and O–H groups in total.